The molecule has 0 aliphatic carbocycles. The van der Waals surface area contributed by atoms with Crippen molar-refractivity contribution in [2.45, 2.75) is 39.3 Å². The summed E-state index contributed by atoms with van der Waals surface area (Å²) in [5, 5.41) is 0. The van der Waals surface area contributed by atoms with Crippen LogP contribution in [0.3, 0.4) is 0 Å². The first kappa shape index (κ1) is 17.5. The highest BCUT2D eigenvalue weighted by molar-refractivity contribution is 5.97. The fourth-order valence-corrected chi connectivity index (χ4v) is 3.89. The van der Waals surface area contributed by atoms with Gasteiger partial charge in [-0.25, -0.2) is 9.13 Å². The molecule has 1 aliphatic heterocycles. The highest BCUT2D eigenvalue weighted by Gasteiger charge is 2.33. The van der Waals surface area contributed by atoms with Crippen LogP contribution in [0.1, 0.15) is 42.5 Å². The van der Waals surface area contributed by atoms with Gasteiger partial charge in [0.15, 0.2) is 11.7 Å². The van der Waals surface area contributed by atoms with E-state index in [9.17, 15) is 4.79 Å². The zero-order chi connectivity index (χ0) is 18.8. The van der Waals surface area contributed by atoms with Crippen LogP contribution in [0.15, 0.2) is 60.8 Å². The monoisotopic (exact) mass is 361 g/mol. The van der Waals surface area contributed by atoms with Crippen molar-refractivity contribution in [3.8, 4) is 17.0 Å². The number of nitrogens with zero attached hydrogens (tertiary/aromatic N) is 2. The smallest absolute Gasteiger partial charge is 0.257 e. The molecular weight excluding hydrogens is 336 g/mol. The predicted molar refractivity (Wildman–Crippen MR) is 105 cm³/mol. The molecule has 0 fully saturated rings. The minimum absolute atomic E-state index is 0.128. The molecule has 0 saturated heterocycles. The number of aromatic nitrogens is 2. The summed E-state index contributed by atoms with van der Waals surface area (Å²) in [6.07, 6.45) is 4.27. The Hall–Kier alpha value is -2.88. The van der Waals surface area contributed by atoms with Gasteiger partial charge in [-0.15, -0.1) is 0 Å². The first-order chi connectivity index (χ1) is 13.2. The van der Waals surface area contributed by atoms with E-state index in [2.05, 4.69) is 39.6 Å². The summed E-state index contributed by atoms with van der Waals surface area (Å²) >= 11 is 0. The third-order valence-electron chi connectivity index (χ3n) is 5.26. The molecule has 0 N–H and O–H groups in total. The lowest BCUT2D eigenvalue weighted by Gasteiger charge is -2.10. The van der Waals surface area contributed by atoms with Crippen LogP contribution in [0.5, 0.6) is 5.75 Å². The molecule has 2 heterocycles. The minimum atomic E-state index is -0.236. The minimum Gasteiger partial charge on any atom is -0.494 e. The van der Waals surface area contributed by atoms with E-state index < -0.39 is 0 Å². The standard InChI is InChI=1S/C23H25N2O2/c1-3-27-20-13-11-19(12-14-20)23(26)17(2)25-16-21(18-8-5-4-6-9-18)24-15-7-10-22(24)25/h4-6,8-9,11-14,16-17H,3,7,10,15H2,1-2H3/q+1/t17-/m0/s1. The predicted octanol–water partition coefficient (Wildman–Crippen LogP) is 4.23. The molecule has 3 aromatic rings. The average molecular weight is 361 g/mol. The Balaban J connectivity index is 1.66. The second-order valence-electron chi connectivity index (χ2n) is 6.96. The van der Waals surface area contributed by atoms with Crippen LogP contribution in [0.4, 0.5) is 0 Å². The molecule has 2 aromatic carbocycles. The number of hydrogen-bond donors (Lipinski definition) is 0. The van der Waals surface area contributed by atoms with Crippen molar-refractivity contribution in [1.29, 1.82) is 0 Å². The topological polar surface area (TPSA) is 35.1 Å². The number of ketones is 1. The molecule has 0 unspecified atom stereocenters. The first-order valence-corrected chi connectivity index (χ1v) is 9.65. The van der Waals surface area contributed by atoms with Gasteiger partial charge in [0.25, 0.3) is 5.82 Å². The van der Waals surface area contributed by atoms with E-state index in [1.807, 2.05) is 44.2 Å². The van der Waals surface area contributed by atoms with Gasteiger partial charge in [0, 0.05) is 11.1 Å². The molecule has 4 heteroatoms. The molecular formula is C23H25N2O2+. The van der Waals surface area contributed by atoms with E-state index in [0.29, 0.717) is 6.61 Å². The van der Waals surface area contributed by atoms with E-state index >= 15 is 0 Å². The van der Waals surface area contributed by atoms with Gasteiger partial charge in [-0.05, 0) is 44.5 Å². The first-order valence-electron chi connectivity index (χ1n) is 9.65. The summed E-state index contributed by atoms with van der Waals surface area (Å²) in [4.78, 5) is 13.1. The Bertz CT molecular complexity index is 943. The van der Waals surface area contributed by atoms with Crippen LogP contribution >= 0.6 is 0 Å². The lowest BCUT2D eigenvalue weighted by Crippen LogP contribution is -2.44. The molecule has 1 aliphatic rings. The number of hydrogen-bond acceptors (Lipinski definition) is 2. The van der Waals surface area contributed by atoms with E-state index in [-0.39, 0.29) is 11.8 Å². The number of ether oxygens (including phenoxy) is 1. The molecule has 1 aromatic heterocycles. The lowest BCUT2D eigenvalue weighted by atomic mass is 10.0. The second kappa shape index (κ2) is 7.39. The van der Waals surface area contributed by atoms with Gasteiger partial charge < -0.3 is 4.74 Å². The van der Waals surface area contributed by atoms with Crippen molar-refractivity contribution < 1.29 is 14.1 Å². The van der Waals surface area contributed by atoms with Crippen LogP contribution < -0.4 is 9.30 Å². The molecule has 0 bridgehead atoms. The van der Waals surface area contributed by atoms with Crippen molar-refractivity contribution in [2.24, 2.45) is 0 Å². The van der Waals surface area contributed by atoms with Crippen molar-refractivity contribution >= 4 is 5.78 Å². The van der Waals surface area contributed by atoms with Crippen LogP contribution in [0, 0.1) is 0 Å². The zero-order valence-corrected chi connectivity index (χ0v) is 15.9. The Morgan fingerprint density at radius 3 is 2.59 bits per heavy atom. The van der Waals surface area contributed by atoms with Gasteiger partial charge in [0.1, 0.15) is 11.9 Å². The SMILES string of the molecule is CCOc1ccc(C(=O)[C@H](C)[n+]2cc(-c3ccccc3)n3c2CCC3)cc1. The molecule has 0 spiro atoms. The molecule has 27 heavy (non-hydrogen) atoms. The summed E-state index contributed by atoms with van der Waals surface area (Å²) in [5.41, 5.74) is 3.10. The van der Waals surface area contributed by atoms with Crippen LogP contribution in [0.2, 0.25) is 0 Å². The third kappa shape index (κ3) is 3.27. The molecule has 0 radical (unpaired) electrons. The van der Waals surface area contributed by atoms with Crippen LogP contribution in [-0.4, -0.2) is 17.0 Å². The lowest BCUT2D eigenvalue weighted by molar-refractivity contribution is -0.710. The molecule has 4 nitrogen and oxygen atoms in total. The summed E-state index contributed by atoms with van der Waals surface area (Å²) in [5.74, 6) is 2.16. The zero-order valence-electron chi connectivity index (χ0n) is 15.9. The quantitative estimate of drug-likeness (QED) is 0.486. The van der Waals surface area contributed by atoms with Gasteiger partial charge in [-0.3, -0.25) is 4.79 Å². The maximum atomic E-state index is 13.1. The summed E-state index contributed by atoms with van der Waals surface area (Å²) < 4.78 is 10.00. The van der Waals surface area contributed by atoms with Crippen molar-refractivity contribution in [3.63, 3.8) is 0 Å². The Labute approximate surface area is 160 Å². The normalized spacial score (nSPS) is 14.0. The molecule has 0 saturated carbocycles. The maximum absolute atomic E-state index is 13.1. The number of fused-ring (bicyclic) bond motifs is 1. The van der Waals surface area contributed by atoms with E-state index in [1.54, 1.807) is 0 Å². The van der Waals surface area contributed by atoms with Gasteiger partial charge >= 0.3 is 0 Å². The van der Waals surface area contributed by atoms with E-state index in [1.165, 1.54) is 17.1 Å². The van der Waals surface area contributed by atoms with Crippen molar-refractivity contribution in [3.05, 3.63) is 72.2 Å². The van der Waals surface area contributed by atoms with E-state index in [0.717, 1.165) is 30.7 Å². The molecule has 1 atom stereocenters. The maximum Gasteiger partial charge on any atom is 0.257 e. The third-order valence-corrected chi connectivity index (χ3v) is 5.26. The number of Topliss-reactive ketones (excluding diaryl/α,β-unsaturated/α-hetero) is 1. The van der Waals surface area contributed by atoms with Gasteiger partial charge in [-0.1, -0.05) is 30.3 Å². The average Bonchev–Trinajstić information content (AvgIpc) is 3.31. The summed E-state index contributed by atoms with van der Waals surface area (Å²) in [6, 6.07) is 17.6. The van der Waals surface area contributed by atoms with Crippen molar-refractivity contribution in [2.75, 3.05) is 6.61 Å². The Kier molecular flexibility index (Phi) is 4.80. The number of rotatable bonds is 6. The van der Waals surface area contributed by atoms with Gasteiger partial charge in [0.05, 0.1) is 19.6 Å². The fraction of sp³-hybridized carbons (Fsp3) is 0.304. The number of imidazole rings is 1. The molecule has 0 amide bonds. The summed E-state index contributed by atoms with van der Waals surface area (Å²) in [6.45, 7) is 5.58. The molecule has 4 rings (SSSR count). The Morgan fingerprint density at radius 2 is 1.89 bits per heavy atom. The second-order valence-corrected chi connectivity index (χ2v) is 6.96. The van der Waals surface area contributed by atoms with Crippen molar-refractivity contribution in [1.82, 2.24) is 4.57 Å². The fourth-order valence-electron chi connectivity index (χ4n) is 3.89. The van der Waals surface area contributed by atoms with Gasteiger partial charge in [0.2, 0.25) is 5.78 Å². The number of carbonyl (C=O) groups excluding carboxylic acids is 1. The summed E-state index contributed by atoms with van der Waals surface area (Å²) in [7, 11) is 0. The van der Waals surface area contributed by atoms with E-state index in [4.69, 9.17) is 4.74 Å². The van der Waals surface area contributed by atoms with Gasteiger partial charge in [-0.2, -0.15) is 0 Å². The highest BCUT2D eigenvalue weighted by atomic mass is 16.5. The van der Waals surface area contributed by atoms with Crippen LogP contribution in [-0.2, 0) is 13.0 Å². The largest absolute Gasteiger partial charge is 0.494 e. The van der Waals surface area contributed by atoms with Crippen LogP contribution in [0.25, 0.3) is 11.3 Å². The number of benzene rings is 2. The highest BCUT2D eigenvalue weighted by Crippen LogP contribution is 2.26. The molecule has 138 valence electrons. The number of carbonyl (C=O) groups is 1. The Morgan fingerprint density at radius 1 is 1.15 bits per heavy atom.